The van der Waals surface area contributed by atoms with Crippen LogP contribution in [0.5, 0.6) is 0 Å². The molecule has 0 bridgehead atoms. The highest BCUT2D eigenvalue weighted by Gasteiger charge is 2.15. The number of ether oxygens (including phenoxy) is 1. The maximum Gasteiger partial charge on any atom is 0.338 e. The molecule has 3 nitrogen and oxygen atoms in total. The van der Waals surface area contributed by atoms with Crippen molar-refractivity contribution in [3.8, 4) is 0 Å². The van der Waals surface area contributed by atoms with Crippen LogP contribution in [-0.2, 0) is 11.3 Å². The van der Waals surface area contributed by atoms with Crippen LogP contribution >= 0.6 is 0 Å². The van der Waals surface area contributed by atoms with Gasteiger partial charge in [-0.2, -0.15) is 0 Å². The number of carbonyl (C=O) groups is 1. The van der Waals surface area contributed by atoms with E-state index in [1.807, 2.05) is 6.92 Å². The van der Waals surface area contributed by atoms with Crippen molar-refractivity contribution in [2.24, 2.45) is 0 Å². The fourth-order valence-electron chi connectivity index (χ4n) is 1.26. The van der Waals surface area contributed by atoms with Crippen molar-refractivity contribution in [2.75, 3.05) is 6.61 Å². The Labute approximate surface area is 98.0 Å². The number of hydrogen-bond donors (Lipinski definition) is 1. The number of rotatable bonds is 5. The fourth-order valence-corrected chi connectivity index (χ4v) is 1.26. The number of hydrogen-bond acceptors (Lipinski definition) is 3. The number of carbonyl (C=O) groups excluding carboxylic acids is 1. The van der Waals surface area contributed by atoms with Gasteiger partial charge >= 0.3 is 5.97 Å². The average molecular weight is 244 g/mol. The third-order valence-electron chi connectivity index (χ3n) is 2.27. The molecule has 0 unspecified atom stereocenters. The third kappa shape index (κ3) is 3.49. The lowest BCUT2D eigenvalue weighted by atomic mass is 10.1. The van der Waals surface area contributed by atoms with E-state index in [4.69, 9.17) is 9.84 Å². The first-order valence-corrected chi connectivity index (χ1v) is 5.36. The first-order valence-electron chi connectivity index (χ1n) is 5.36. The molecule has 0 radical (unpaired) electrons. The second kappa shape index (κ2) is 6.30. The van der Waals surface area contributed by atoms with Crippen LogP contribution in [0.1, 0.15) is 35.7 Å². The summed E-state index contributed by atoms with van der Waals surface area (Å²) in [7, 11) is 0. The van der Waals surface area contributed by atoms with E-state index in [9.17, 15) is 13.6 Å². The minimum absolute atomic E-state index is 0.187. The smallest absolute Gasteiger partial charge is 0.338 e. The molecule has 94 valence electrons. The van der Waals surface area contributed by atoms with Gasteiger partial charge in [0.05, 0.1) is 18.8 Å². The van der Waals surface area contributed by atoms with Crippen LogP contribution < -0.4 is 0 Å². The normalized spacial score (nSPS) is 10.4. The molecular formula is C12H14F2O3. The Bertz CT molecular complexity index is 382. The van der Waals surface area contributed by atoms with Crippen molar-refractivity contribution < 1.29 is 23.4 Å². The van der Waals surface area contributed by atoms with Crippen LogP contribution in [0.3, 0.4) is 0 Å². The zero-order valence-corrected chi connectivity index (χ0v) is 9.50. The molecule has 0 fully saturated rings. The standard InChI is InChI=1S/C12H14F2O3/c1-2-3-4-17-12(16)8-5-10(13)9(7-15)11(14)6-8/h5-6,15H,2-4,7H2,1H3. The minimum Gasteiger partial charge on any atom is -0.462 e. The minimum atomic E-state index is -0.949. The second-order valence-electron chi connectivity index (χ2n) is 3.57. The Morgan fingerprint density at radius 3 is 2.41 bits per heavy atom. The third-order valence-corrected chi connectivity index (χ3v) is 2.27. The average Bonchev–Trinajstić information content (AvgIpc) is 2.28. The van der Waals surface area contributed by atoms with Gasteiger partial charge in [0, 0.05) is 5.56 Å². The van der Waals surface area contributed by atoms with Crippen LogP contribution in [0.15, 0.2) is 12.1 Å². The Balaban J connectivity index is 2.81. The van der Waals surface area contributed by atoms with Gasteiger partial charge in [-0.3, -0.25) is 0 Å². The van der Waals surface area contributed by atoms with E-state index in [1.165, 1.54) is 0 Å². The Morgan fingerprint density at radius 1 is 1.35 bits per heavy atom. The first kappa shape index (κ1) is 13.6. The van der Waals surface area contributed by atoms with Crippen LogP contribution in [0.2, 0.25) is 0 Å². The van der Waals surface area contributed by atoms with E-state index in [-0.39, 0.29) is 12.2 Å². The predicted octanol–water partition coefficient (Wildman–Crippen LogP) is 2.41. The summed E-state index contributed by atoms with van der Waals surface area (Å²) in [5, 5.41) is 8.71. The number of aliphatic hydroxyl groups is 1. The lowest BCUT2D eigenvalue weighted by Crippen LogP contribution is -2.08. The number of halogens is 2. The maximum atomic E-state index is 13.3. The zero-order valence-electron chi connectivity index (χ0n) is 9.50. The van der Waals surface area contributed by atoms with Crippen LogP contribution in [0.4, 0.5) is 8.78 Å². The Kier molecular flexibility index (Phi) is 5.03. The van der Waals surface area contributed by atoms with E-state index in [1.54, 1.807) is 0 Å². The van der Waals surface area contributed by atoms with Crippen molar-refractivity contribution in [3.63, 3.8) is 0 Å². The number of aliphatic hydroxyl groups excluding tert-OH is 1. The SMILES string of the molecule is CCCCOC(=O)c1cc(F)c(CO)c(F)c1. The molecule has 0 heterocycles. The summed E-state index contributed by atoms with van der Waals surface area (Å²) in [6.07, 6.45) is 1.56. The summed E-state index contributed by atoms with van der Waals surface area (Å²) in [4.78, 5) is 11.4. The summed E-state index contributed by atoms with van der Waals surface area (Å²) < 4.78 is 31.3. The van der Waals surface area contributed by atoms with Crippen molar-refractivity contribution in [1.29, 1.82) is 0 Å². The largest absolute Gasteiger partial charge is 0.462 e. The van der Waals surface area contributed by atoms with E-state index in [2.05, 4.69) is 0 Å². The topological polar surface area (TPSA) is 46.5 Å². The van der Waals surface area contributed by atoms with Gasteiger partial charge < -0.3 is 9.84 Å². The fraction of sp³-hybridized carbons (Fsp3) is 0.417. The Morgan fingerprint density at radius 2 is 1.94 bits per heavy atom. The lowest BCUT2D eigenvalue weighted by Gasteiger charge is -2.06. The monoisotopic (exact) mass is 244 g/mol. The van der Waals surface area contributed by atoms with E-state index in [0.29, 0.717) is 6.42 Å². The maximum absolute atomic E-state index is 13.3. The molecule has 1 N–H and O–H groups in total. The highest BCUT2D eigenvalue weighted by Crippen LogP contribution is 2.16. The van der Waals surface area contributed by atoms with Crippen LogP contribution in [-0.4, -0.2) is 17.7 Å². The molecule has 17 heavy (non-hydrogen) atoms. The molecule has 1 rings (SSSR count). The van der Waals surface area contributed by atoms with E-state index < -0.39 is 29.8 Å². The van der Waals surface area contributed by atoms with Gasteiger partial charge in [-0.05, 0) is 18.6 Å². The van der Waals surface area contributed by atoms with E-state index >= 15 is 0 Å². The van der Waals surface area contributed by atoms with Gasteiger partial charge in [-0.1, -0.05) is 13.3 Å². The molecule has 0 aliphatic rings. The molecule has 0 aromatic heterocycles. The summed E-state index contributed by atoms with van der Waals surface area (Å²) in [6.45, 7) is 1.41. The molecule has 0 amide bonds. The summed E-state index contributed by atoms with van der Waals surface area (Å²) in [5.41, 5.74) is -0.636. The van der Waals surface area contributed by atoms with Crippen molar-refractivity contribution in [1.82, 2.24) is 0 Å². The highest BCUT2D eigenvalue weighted by molar-refractivity contribution is 5.89. The lowest BCUT2D eigenvalue weighted by molar-refractivity contribution is 0.0498. The number of benzene rings is 1. The molecular weight excluding hydrogens is 230 g/mol. The summed E-state index contributed by atoms with van der Waals surface area (Å²) in [5.74, 6) is -2.66. The summed E-state index contributed by atoms with van der Waals surface area (Å²) >= 11 is 0. The molecule has 1 aromatic carbocycles. The second-order valence-corrected chi connectivity index (χ2v) is 3.57. The predicted molar refractivity (Wildman–Crippen MR) is 57.5 cm³/mol. The van der Waals surface area contributed by atoms with Crippen LogP contribution in [0.25, 0.3) is 0 Å². The van der Waals surface area contributed by atoms with Crippen molar-refractivity contribution in [2.45, 2.75) is 26.4 Å². The molecule has 0 aliphatic carbocycles. The number of esters is 1. The first-order chi connectivity index (χ1) is 8.10. The van der Waals surface area contributed by atoms with Crippen molar-refractivity contribution in [3.05, 3.63) is 34.9 Å². The van der Waals surface area contributed by atoms with Gasteiger partial charge in [0.1, 0.15) is 11.6 Å². The molecule has 0 aliphatic heterocycles. The Hall–Kier alpha value is -1.49. The molecule has 0 atom stereocenters. The molecule has 5 heteroatoms. The number of unbranched alkanes of at least 4 members (excludes halogenated alkanes) is 1. The van der Waals surface area contributed by atoms with Crippen molar-refractivity contribution >= 4 is 5.97 Å². The molecule has 0 spiro atoms. The zero-order chi connectivity index (χ0) is 12.8. The van der Waals surface area contributed by atoms with Gasteiger partial charge in [0.15, 0.2) is 0 Å². The quantitative estimate of drug-likeness (QED) is 0.639. The van der Waals surface area contributed by atoms with Crippen LogP contribution in [0, 0.1) is 11.6 Å². The van der Waals surface area contributed by atoms with Gasteiger partial charge in [-0.15, -0.1) is 0 Å². The van der Waals surface area contributed by atoms with E-state index in [0.717, 1.165) is 18.6 Å². The highest BCUT2D eigenvalue weighted by atomic mass is 19.1. The van der Waals surface area contributed by atoms with Gasteiger partial charge in [0.2, 0.25) is 0 Å². The summed E-state index contributed by atoms with van der Waals surface area (Å²) in [6, 6.07) is 1.73. The van der Waals surface area contributed by atoms with Gasteiger partial charge in [0.25, 0.3) is 0 Å². The molecule has 0 saturated carbocycles. The van der Waals surface area contributed by atoms with Gasteiger partial charge in [-0.25, -0.2) is 13.6 Å². The molecule has 1 aromatic rings. The molecule has 0 saturated heterocycles.